The summed E-state index contributed by atoms with van der Waals surface area (Å²) in [6.07, 6.45) is 0.365. The monoisotopic (exact) mass is 408 g/mol. The molecule has 154 valence electrons. The van der Waals surface area contributed by atoms with E-state index in [9.17, 15) is 19.5 Å². The van der Waals surface area contributed by atoms with Crippen molar-refractivity contribution in [1.29, 1.82) is 0 Å². The van der Waals surface area contributed by atoms with E-state index in [1.807, 2.05) is 0 Å². The molecule has 2 heterocycles. The zero-order chi connectivity index (χ0) is 21.3. The first-order valence-corrected chi connectivity index (χ1v) is 9.50. The third-order valence-corrected chi connectivity index (χ3v) is 5.01. The zero-order valence-corrected chi connectivity index (χ0v) is 16.0. The van der Waals surface area contributed by atoms with E-state index in [-0.39, 0.29) is 42.4 Å². The maximum absolute atomic E-state index is 13.2. The highest BCUT2D eigenvalue weighted by Gasteiger charge is 2.42. The molecule has 0 saturated carbocycles. The summed E-state index contributed by atoms with van der Waals surface area (Å²) < 4.78 is 11.1. The second kappa shape index (κ2) is 8.00. The normalized spacial score (nSPS) is 15.4. The summed E-state index contributed by atoms with van der Waals surface area (Å²) in [5, 5.41) is 9.66. The van der Waals surface area contributed by atoms with Gasteiger partial charge in [0.05, 0.1) is 17.0 Å². The number of hydrogen-bond acceptors (Lipinski definition) is 6. The van der Waals surface area contributed by atoms with Crippen LogP contribution in [0, 0.1) is 0 Å². The molecule has 1 unspecified atom stereocenters. The van der Waals surface area contributed by atoms with Crippen LogP contribution in [0.1, 0.15) is 34.1 Å². The summed E-state index contributed by atoms with van der Waals surface area (Å²) in [4.78, 5) is 38.7. The fourth-order valence-corrected chi connectivity index (χ4v) is 3.69. The number of amides is 2. The number of aliphatic hydroxyl groups excluding tert-OH is 1. The number of ether oxygens (including phenoxy) is 1. The molecule has 0 saturated heterocycles. The Bertz CT molecular complexity index is 1170. The Labute approximate surface area is 171 Å². The quantitative estimate of drug-likeness (QED) is 0.612. The molecule has 0 aliphatic carbocycles. The SMILES string of the molecule is NC(=O)COc1ccc(C2c3c(oc4ccccc4c3=O)C(=O)N2CCCO)cc1. The fraction of sp³-hybridized carbons (Fsp3) is 0.227. The minimum absolute atomic E-state index is 0.0238. The average molecular weight is 408 g/mol. The number of carbonyl (C=O) groups is 2. The minimum Gasteiger partial charge on any atom is -0.484 e. The molecular formula is C22H20N2O6. The van der Waals surface area contributed by atoms with Crippen LogP contribution in [-0.2, 0) is 4.79 Å². The summed E-state index contributed by atoms with van der Waals surface area (Å²) in [6.45, 7) is -0.0711. The Morgan fingerprint density at radius 1 is 1.13 bits per heavy atom. The van der Waals surface area contributed by atoms with E-state index in [2.05, 4.69) is 0 Å². The summed E-state index contributed by atoms with van der Waals surface area (Å²) in [7, 11) is 0. The third kappa shape index (κ3) is 3.42. The predicted molar refractivity (Wildman–Crippen MR) is 108 cm³/mol. The topological polar surface area (TPSA) is 123 Å². The van der Waals surface area contributed by atoms with E-state index in [0.29, 0.717) is 28.7 Å². The van der Waals surface area contributed by atoms with Crippen molar-refractivity contribution >= 4 is 22.8 Å². The molecule has 3 aromatic rings. The van der Waals surface area contributed by atoms with E-state index in [4.69, 9.17) is 14.9 Å². The van der Waals surface area contributed by atoms with Crippen molar-refractivity contribution in [3.63, 3.8) is 0 Å². The van der Waals surface area contributed by atoms with Gasteiger partial charge in [0.2, 0.25) is 5.76 Å². The smallest absolute Gasteiger partial charge is 0.290 e. The van der Waals surface area contributed by atoms with Gasteiger partial charge in [0.15, 0.2) is 12.0 Å². The van der Waals surface area contributed by atoms with Crippen LogP contribution in [0.15, 0.2) is 57.7 Å². The Balaban J connectivity index is 1.80. The van der Waals surface area contributed by atoms with Crippen molar-refractivity contribution in [1.82, 2.24) is 4.90 Å². The molecule has 2 amide bonds. The molecule has 8 heteroatoms. The van der Waals surface area contributed by atoms with E-state index in [0.717, 1.165) is 0 Å². The number of nitrogens with two attached hydrogens (primary N) is 1. The number of nitrogens with zero attached hydrogens (tertiary/aromatic N) is 1. The Morgan fingerprint density at radius 3 is 2.57 bits per heavy atom. The number of rotatable bonds is 7. The molecule has 4 rings (SSSR count). The van der Waals surface area contributed by atoms with Crippen LogP contribution in [0.5, 0.6) is 5.75 Å². The van der Waals surface area contributed by atoms with Crippen LogP contribution >= 0.6 is 0 Å². The van der Waals surface area contributed by atoms with Gasteiger partial charge < -0.3 is 24.9 Å². The van der Waals surface area contributed by atoms with Gasteiger partial charge in [-0.3, -0.25) is 14.4 Å². The molecule has 1 atom stereocenters. The van der Waals surface area contributed by atoms with Gasteiger partial charge in [0, 0.05) is 13.2 Å². The highest BCUT2D eigenvalue weighted by Crippen LogP contribution is 2.38. The van der Waals surface area contributed by atoms with E-state index in [1.54, 1.807) is 48.5 Å². The molecule has 30 heavy (non-hydrogen) atoms. The van der Waals surface area contributed by atoms with Crippen LogP contribution < -0.4 is 15.9 Å². The second-order valence-corrected chi connectivity index (χ2v) is 6.97. The minimum atomic E-state index is -0.648. The zero-order valence-electron chi connectivity index (χ0n) is 16.0. The number of primary amides is 1. The summed E-state index contributed by atoms with van der Waals surface area (Å²) >= 11 is 0. The standard InChI is InChI=1S/C22H20N2O6/c23-17(26)12-29-14-8-6-13(7-9-14)19-18-20(27)15-4-1-2-5-16(15)30-21(18)22(28)24(19)10-3-11-25/h1-2,4-9,19,25H,3,10-12H2,(H2,23,26). The van der Waals surface area contributed by atoms with Gasteiger partial charge in [-0.1, -0.05) is 24.3 Å². The van der Waals surface area contributed by atoms with E-state index in [1.165, 1.54) is 4.90 Å². The Morgan fingerprint density at radius 2 is 1.87 bits per heavy atom. The molecule has 0 bridgehead atoms. The molecule has 0 radical (unpaired) electrons. The molecule has 2 aromatic carbocycles. The Hall–Kier alpha value is -3.65. The van der Waals surface area contributed by atoms with Gasteiger partial charge in [-0.2, -0.15) is 0 Å². The third-order valence-electron chi connectivity index (χ3n) is 5.01. The second-order valence-electron chi connectivity index (χ2n) is 6.97. The highest BCUT2D eigenvalue weighted by atomic mass is 16.5. The van der Waals surface area contributed by atoms with E-state index >= 15 is 0 Å². The van der Waals surface area contributed by atoms with Gasteiger partial charge in [0.1, 0.15) is 11.3 Å². The summed E-state index contributed by atoms with van der Waals surface area (Å²) in [5.41, 5.74) is 6.16. The van der Waals surface area contributed by atoms with Crippen molar-refractivity contribution in [3.8, 4) is 5.75 Å². The van der Waals surface area contributed by atoms with E-state index < -0.39 is 11.9 Å². The number of fused-ring (bicyclic) bond motifs is 2. The molecule has 1 aromatic heterocycles. The summed E-state index contributed by atoms with van der Waals surface area (Å²) in [6, 6.07) is 12.9. The maximum Gasteiger partial charge on any atom is 0.290 e. The Kier molecular flexibility index (Phi) is 5.24. The number of aliphatic hydroxyl groups is 1. The first kappa shape index (κ1) is 19.7. The number of para-hydroxylation sites is 1. The fourth-order valence-electron chi connectivity index (χ4n) is 3.69. The molecule has 0 spiro atoms. The number of benzene rings is 2. The van der Waals surface area contributed by atoms with Crippen LogP contribution in [0.2, 0.25) is 0 Å². The van der Waals surface area contributed by atoms with Gasteiger partial charge in [-0.15, -0.1) is 0 Å². The van der Waals surface area contributed by atoms with Crippen LogP contribution in [0.25, 0.3) is 11.0 Å². The largest absolute Gasteiger partial charge is 0.484 e. The predicted octanol–water partition coefficient (Wildman–Crippen LogP) is 1.58. The molecule has 0 fully saturated rings. The number of hydrogen-bond donors (Lipinski definition) is 2. The number of carbonyl (C=O) groups excluding carboxylic acids is 2. The lowest BCUT2D eigenvalue weighted by Gasteiger charge is -2.25. The van der Waals surface area contributed by atoms with Crippen molar-refractivity contribution in [3.05, 3.63) is 75.6 Å². The first-order valence-electron chi connectivity index (χ1n) is 9.50. The van der Waals surface area contributed by atoms with Gasteiger partial charge in [-0.05, 0) is 36.2 Å². The summed E-state index contributed by atoms with van der Waals surface area (Å²) in [5.74, 6) is -0.514. The van der Waals surface area contributed by atoms with Crippen molar-refractivity contribution in [2.75, 3.05) is 19.8 Å². The van der Waals surface area contributed by atoms with Gasteiger partial charge in [0.25, 0.3) is 11.8 Å². The van der Waals surface area contributed by atoms with Gasteiger partial charge >= 0.3 is 0 Å². The molecule has 8 nitrogen and oxygen atoms in total. The molecule has 1 aliphatic rings. The lowest BCUT2D eigenvalue weighted by Crippen LogP contribution is -2.31. The average Bonchev–Trinajstić information content (AvgIpc) is 3.03. The van der Waals surface area contributed by atoms with Crippen molar-refractivity contribution < 1.29 is 23.8 Å². The molecule has 1 aliphatic heterocycles. The van der Waals surface area contributed by atoms with Crippen LogP contribution in [0.4, 0.5) is 0 Å². The van der Waals surface area contributed by atoms with Gasteiger partial charge in [-0.25, -0.2) is 0 Å². The molecular weight excluding hydrogens is 388 g/mol. The van der Waals surface area contributed by atoms with Crippen LogP contribution in [0.3, 0.4) is 0 Å². The van der Waals surface area contributed by atoms with Crippen LogP contribution in [-0.4, -0.2) is 41.6 Å². The molecule has 3 N–H and O–H groups in total. The van der Waals surface area contributed by atoms with Crippen molar-refractivity contribution in [2.24, 2.45) is 5.73 Å². The first-order chi connectivity index (χ1) is 14.5. The lowest BCUT2D eigenvalue weighted by atomic mass is 9.98. The van der Waals surface area contributed by atoms with Crippen molar-refractivity contribution in [2.45, 2.75) is 12.5 Å². The lowest BCUT2D eigenvalue weighted by molar-refractivity contribution is -0.119. The highest BCUT2D eigenvalue weighted by molar-refractivity contribution is 5.99. The maximum atomic E-state index is 13.2.